The molecule has 138 valence electrons. The molecule has 0 saturated heterocycles. The Morgan fingerprint density at radius 1 is 1.35 bits per heavy atom. The Labute approximate surface area is 162 Å². The van der Waals surface area contributed by atoms with Crippen molar-refractivity contribution in [3.05, 3.63) is 57.6 Å². The van der Waals surface area contributed by atoms with Crippen LogP contribution in [0.5, 0.6) is 11.5 Å². The molecule has 5 nitrogen and oxygen atoms in total. The van der Waals surface area contributed by atoms with Crippen molar-refractivity contribution in [3.8, 4) is 11.5 Å². The van der Waals surface area contributed by atoms with Crippen LogP contribution in [0.1, 0.15) is 42.9 Å². The molecule has 2 N–H and O–H groups in total. The number of hydrogen-bond acceptors (Lipinski definition) is 4. The van der Waals surface area contributed by atoms with Crippen molar-refractivity contribution in [1.82, 2.24) is 5.43 Å². The third-order valence-corrected chi connectivity index (χ3v) is 4.58. The van der Waals surface area contributed by atoms with Crippen molar-refractivity contribution >= 4 is 28.1 Å². The fourth-order valence-corrected chi connectivity index (χ4v) is 2.93. The molecule has 0 aliphatic carbocycles. The number of nitrogens with one attached hydrogen (secondary N) is 1. The third-order valence-electron chi connectivity index (χ3n) is 4.12. The van der Waals surface area contributed by atoms with Crippen molar-refractivity contribution in [2.24, 2.45) is 5.10 Å². The summed E-state index contributed by atoms with van der Waals surface area (Å²) < 4.78 is 6.28. The number of carbonyl (C=O) groups excluding carboxylic acids is 1. The summed E-state index contributed by atoms with van der Waals surface area (Å²) in [6, 6.07) is 11.3. The molecule has 0 fully saturated rings. The zero-order valence-corrected chi connectivity index (χ0v) is 16.7. The second-order valence-electron chi connectivity index (χ2n) is 6.12. The first-order valence-corrected chi connectivity index (χ1v) is 9.23. The SMILES string of the molecule is CC[C@H](C)c1ccc(OCC(=O)N/N=C\c2cc(Br)cc(C)c2O)cc1. The topological polar surface area (TPSA) is 70.9 Å². The molecule has 2 rings (SSSR count). The first-order valence-electron chi connectivity index (χ1n) is 8.44. The smallest absolute Gasteiger partial charge is 0.277 e. The van der Waals surface area contributed by atoms with Crippen LogP contribution in [0, 0.1) is 6.92 Å². The van der Waals surface area contributed by atoms with Crippen LogP contribution < -0.4 is 10.2 Å². The predicted molar refractivity (Wildman–Crippen MR) is 107 cm³/mol. The fourth-order valence-electron chi connectivity index (χ4n) is 2.34. The van der Waals surface area contributed by atoms with Gasteiger partial charge in [-0.25, -0.2) is 5.43 Å². The van der Waals surface area contributed by atoms with E-state index in [-0.39, 0.29) is 18.3 Å². The summed E-state index contributed by atoms with van der Waals surface area (Å²) in [7, 11) is 0. The van der Waals surface area contributed by atoms with Gasteiger partial charge in [0.1, 0.15) is 11.5 Å². The number of hydrogen-bond donors (Lipinski definition) is 2. The average molecular weight is 419 g/mol. The Hall–Kier alpha value is -2.34. The van der Waals surface area contributed by atoms with Crippen LogP contribution in [-0.4, -0.2) is 23.8 Å². The van der Waals surface area contributed by atoms with E-state index in [9.17, 15) is 9.90 Å². The summed E-state index contributed by atoms with van der Waals surface area (Å²) in [6.45, 7) is 5.97. The zero-order chi connectivity index (χ0) is 19.1. The zero-order valence-electron chi connectivity index (χ0n) is 15.1. The minimum atomic E-state index is -0.376. The molecule has 1 amide bonds. The molecule has 2 aromatic rings. The normalized spacial score (nSPS) is 12.2. The van der Waals surface area contributed by atoms with Crippen LogP contribution in [0.15, 0.2) is 46.0 Å². The van der Waals surface area contributed by atoms with Crippen molar-refractivity contribution in [2.75, 3.05) is 6.61 Å². The van der Waals surface area contributed by atoms with Gasteiger partial charge < -0.3 is 9.84 Å². The van der Waals surface area contributed by atoms with Crippen LogP contribution >= 0.6 is 15.9 Å². The van der Waals surface area contributed by atoms with E-state index >= 15 is 0 Å². The van der Waals surface area contributed by atoms with E-state index in [1.54, 1.807) is 19.1 Å². The predicted octanol–water partition coefficient (Wildman–Crippen LogP) is 4.51. The molecular formula is C20H23BrN2O3. The number of aryl methyl sites for hydroxylation is 1. The Kier molecular flexibility index (Phi) is 7.21. The number of carbonyl (C=O) groups is 1. The highest BCUT2D eigenvalue weighted by Gasteiger charge is 2.06. The summed E-state index contributed by atoms with van der Waals surface area (Å²) in [5, 5.41) is 13.8. The van der Waals surface area contributed by atoms with Crippen LogP contribution in [0.3, 0.4) is 0 Å². The maximum atomic E-state index is 11.8. The number of phenols is 1. The van der Waals surface area contributed by atoms with Crippen molar-refractivity contribution in [1.29, 1.82) is 0 Å². The lowest BCUT2D eigenvalue weighted by molar-refractivity contribution is -0.123. The van der Waals surface area contributed by atoms with Gasteiger partial charge in [-0.15, -0.1) is 0 Å². The molecule has 0 heterocycles. The number of hydrazone groups is 1. The fraction of sp³-hybridized carbons (Fsp3) is 0.300. The van der Waals surface area contributed by atoms with E-state index in [2.05, 4.69) is 40.3 Å². The third kappa shape index (κ3) is 5.59. The van der Waals surface area contributed by atoms with Gasteiger partial charge in [0.15, 0.2) is 6.61 Å². The van der Waals surface area contributed by atoms with Gasteiger partial charge >= 0.3 is 0 Å². The van der Waals surface area contributed by atoms with Gasteiger partial charge in [-0.3, -0.25) is 4.79 Å². The second kappa shape index (κ2) is 9.38. The largest absolute Gasteiger partial charge is 0.507 e. The summed E-state index contributed by atoms with van der Waals surface area (Å²) in [4.78, 5) is 11.8. The highest BCUT2D eigenvalue weighted by atomic mass is 79.9. The Balaban J connectivity index is 1.86. The van der Waals surface area contributed by atoms with Gasteiger partial charge in [-0.2, -0.15) is 5.10 Å². The molecule has 6 heteroatoms. The van der Waals surface area contributed by atoms with Gasteiger partial charge in [-0.1, -0.05) is 41.9 Å². The quantitative estimate of drug-likeness (QED) is 0.513. The van der Waals surface area contributed by atoms with E-state index in [0.29, 0.717) is 17.2 Å². The molecule has 0 bridgehead atoms. The number of ether oxygens (including phenoxy) is 1. The summed E-state index contributed by atoms with van der Waals surface area (Å²) in [5.74, 6) is 0.888. The van der Waals surface area contributed by atoms with Crippen molar-refractivity contribution in [3.63, 3.8) is 0 Å². The molecule has 0 radical (unpaired) electrons. The Morgan fingerprint density at radius 3 is 2.69 bits per heavy atom. The van der Waals surface area contributed by atoms with E-state index < -0.39 is 0 Å². The van der Waals surface area contributed by atoms with E-state index in [1.807, 2.05) is 24.3 Å². The van der Waals surface area contributed by atoms with Gasteiger partial charge in [0.2, 0.25) is 0 Å². The summed E-state index contributed by atoms with van der Waals surface area (Å²) in [5.41, 5.74) is 4.87. The number of halogens is 1. The lowest BCUT2D eigenvalue weighted by Gasteiger charge is -2.10. The maximum Gasteiger partial charge on any atom is 0.277 e. The van der Waals surface area contributed by atoms with Gasteiger partial charge in [0.25, 0.3) is 5.91 Å². The number of benzene rings is 2. The van der Waals surface area contributed by atoms with Crippen LogP contribution in [0.4, 0.5) is 0 Å². The lowest BCUT2D eigenvalue weighted by atomic mass is 9.99. The van der Waals surface area contributed by atoms with Crippen molar-refractivity contribution in [2.45, 2.75) is 33.1 Å². The molecule has 1 atom stereocenters. The van der Waals surface area contributed by atoms with Gasteiger partial charge in [-0.05, 0) is 54.7 Å². The summed E-state index contributed by atoms with van der Waals surface area (Å²) >= 11 is 3.36. The van der Waals surface area contributed by atoms with E-state index in [1.165, 1.54) is 11.8 Å². The van der Waals surface area contributed by atoms with Crippen LogP contribution in [0.25, 0.3) is 0 Å². The maximum absolute atomic E-state index is 11.8. The molecule has 0 aromatic heterocycles. The molecule has 0 aliphatic heterocycles. The van der Waals surface area contributed by atoms with Crippen molar-refractivity contribution < 1.29 is 14.6 Å². The molecule has 0 aliphatic rings. The molecule has 26 heavy (non-hydrogen) atoms. The minimum Gasteiger partial charge on any atom is -0.507 e. The molecular weight excluding hydrogens is 396 g/mol. The Morgan fingerprint density at radius 2 is 2.04 bits per heavy atom. The molecule has 2 aromatic carbocycles. The number of rotatable bonds is 7. The average Bonchev–Trinajstić information content (AvgIpc) is 2.63. The number of amides is 1. The molecule has 0 unspecified atom stereocenters. The van der Waals surface area contributed by atoms with E-state index in [0.717, 1.165) is 16.5 Å². The molecule has 0 saturated carbocycles. The minimum absolute atomic E-state index is 0.129. The first-order chi connectivity index (χ1) is 12.4. The van der Waals surface area contributed by atoms with Crippen LogP contribution in [0.2, 0.25) is 0 Å². The number of nitrogens with zero attached hydrogens (tertiary/aromatic N) is 1. The lowest BCUT2D eigenvalue weighted by Crippen LogP contribution is -2.24. The monoisotopic (exact) mass is 418 g/mol. The van der Waals surface area contributed by atoms with Gasteiger partial charge in [0.05, 0.1) is 6.21 Å². The Bertz CT molecular complexity index is 788. The number of aromatic hydroxyl groups is 1. The first kappa shape index (κ1) is 20.0. The highest BCUT2D eigenvalue weighted by molar-refractivity contribution is 9.10. The second-order valence-corrected chi connectivity index (χ2v) is 7.04. The van der Waals surface area contributed by atoms with E-state index in [4.69, 9.17) is 4.74 Å². The summed E-state index contributed by atoms with van der Waals surface area (Å²) in [6.07, 6.45) is 2.47. The van der Waals surface area contributed by atoms with Gasteiger partial charge in [0, 0.05) is 10.0 Å². The standard InChI is InChI=1S/C20H23BrN2O3/c1-4-13(2)15-5-7-18(8-6-15)26-12-19(24)23-22-11-16-10-17(21)9-14(3)20(16)25/h5-11,13,25H,4,12H2,1-3H3,(H,23,24)/b22-11-/t13-/m0/s1. The highest BCUT2D eigenvalue weighted by Crippen LogP contribution is 2.25. The van der Waals surface area contributed by atoms with Crippen LogP contribution in [-0.2, 0) is 4.79 Å². The number of phenolic OH excluding ortho intramolecular Hbond substituents is 1. The molecule has 0 spiro atoms.